The molecule has 0 aliphatic heterocycles. The van der Waals surface area contributed by atoms with E-state index in [-0.39, 0.29) is 26.2 Å². The molecule has 0 amide bonds. The fourth-order valence-electron chi connectivity index (χ4n) is 2.75. The second-order valence-corrected chi connectivity index (χ2v) is 11.0. The lowest BCUT2D eigenvalue weighted by atomic mass is 10.2. The monoisotopic (exact) mass is 459 g/mol. The standard InChI is InChI=1S/C20H17F3O5S2/c1-14-2-8-17(9-3-14)29(18-10-4-15(24)5-11-18,19-12-6-16(25)7-13-19)28-30(26,27)20(21,22)23/h2-13,24-25H,1H3/p+1. The van der Waals surface area contributed by atoms with Gasteiger partial charge >= 0.3 is 15.6 Å². The Morgan fingerprint density at radius 2 is 1.03 bits per heavy atom. The number of phenolic OH excluding ortho intramolecular Hbond substituents is 2. The summed E-state index contributed by atoms with van der Waals surface area (Å²) >= 11 is 0. The highest BCUT2D eigenvalue weighted by atomic mass is 32.3. The predicted molar refractivity (Wildman–Crippen MR) is 107 cm³/mol. The van der Waals surface area contributed by atoms with Crippen LogP contribution in [0.5, 0.6) is 11.5 Å². The maximum atomic E-state index is 13.4. The Morgan fingerprint density at radius 1 is 0.700 bits per heavy atom. The van der Waals surface area contributed by atoms with E-state index >= 15 is 0 Å². The summed E-state index contributed by atoms with van der Waals surface area (Å²) in [6.07, 6.45) is 0. The summed E-state index contributed by atoms with van der Waals surface area (Å²) in [7, 11) is -9.22. The molecule has 0 atom stereocenters. The van der Waals surface area contributed by atoms with Gasteiger partial charge in [-0.15, -0.1) is 8.42 Å². The Balaban J connectivity index is 2.40. The van der Waals surface area contributed by atoms with Crippen molar-refractivity contribution in [2.75, 3.05) is 0 Å². The van der Waals surface area contributed by atoms with E-state index in [1.54, 1.807) is 19.1 Å². The van der Waals surface area contributed by atoms with Gasteiger partial charge in [0.1, 0.15) is 11.5 Å². The van der Waals surface area contributed by atoms with Crippen molar-refractivity contribution in [3.8, 4) is 11.5 Å². The molecule has 0 saturated carbocycles. The Bertz CT molecular complexity index is 1010. The highest BCUT2D eigenvalue weighted by Crippen LogP contribution is 2.69. The average Bonchev–Trinajstić information content (AvgIpc) is 2.67. The normalized spacial score (nSPS) is 13.2. The molecular weight excluding hydrogens is 441 g/mol. The maximum absolute atomic E-state index is 13.4. The molecule has 10 heteroatoms. The first-order chi connectivity index (χ1) is 14.0. The molecule has 5 nitrogen and oxygen atoms in total. The summed E-state index contributed by atoms with van der Waals surface area (Å²) in [6.45, 7) is 1.78. The molecule has 0 radical (unpaired) electrons. The number of hydrogen-bond acceptors (Lipinski definition) is 4. The van der Waals surface area contributed by atoms with Gasteiger partial charge in [-0.05, 0) is 67.6 Å². The van der Waals surface area contributed by atoms with Crippen molar-refractivity contribution in [2.45, 2.75) is 27.1 Å². The highest BCUT2D eigenvalue weighted by molar-refractivity contribution is 8.32. The van der Waals surface area contributed by atoms with Crippen molar-refractivity contribution in [2.24, 2.45) is 0 Å². The molecule has 160 valence electrons. The van der Waals surface area contributed by atoms with Crippen LogP contribution >= 0.6 is 10.3 Å². The molecule has 0 saturated heterocycles. The van der Waals surface area contributed by atoms with Gasteiger partial charge in [0.2, 0.25) is 0 Å². The van der Waals surface area contributed by atoms with Gasteiger partial charge in [0.15, 0.2) is 0 Å². The second-order valence-electron chi connectivity index (χ2n) is 6.38. The molecular formula is C20H18F3O5S2+. The first kappa shape index (κ1) is 22.0. The van der Waals surface area contributed by atoms with Gasteiger partial charge in [-0.25, -0.2) is 0 Å². The molecule has 0 spiro atoms. The number of aromatic hydroxyl groups is 2. The summed E-state index contributed by atoms with van der Waals surface area (Å²) in [6, 6.07) is 16.7. The summed E-state index contributed by atoms with van der Waals surface area (Å²) in [4.78, 5) is 0.586. The zero-order valence-corrected chi connectivity index (χ0v) is 17.2. The zero-order chi connectivity index (χ0) is 22.2. The summed E-state index contributed by atoms with van der Waals surface area (Å²) < 4.78 is 68.0. The number of alkyl halides is 3. The van der Waals surface area contributed by atoms with Crippen LogP contribution in [0.4, 0.5) is 13.2 Å². The SMILES string of the molecule is Cc1ccc(S([OH+]S(=O)(=O)C(F)(F)F)(c2ccc(O)cc2)c2ccc(O)cc2)cc1. The van der Waals surface area contributed by atoms with Crippen molar-refractivity contribution in [1.29, 1.82) is 0 Å². The van der Waals surface area contributed by atoms with Gasteiger partial charge in [0, 0.05) is 0 Å². The van der Waals surface area contributed by atoms with E-state index in [2.05, 4.69) is 3.63 Å². The lowest BCUT2D eigenvalue weighted by Crippen LogP contribution is -2.30. The van der Waals surface area contributed by atoms with Crippen LogP contribution in [-0.2, 0) is 10.1 Å². The second kappa shape index (κ2) is 7.86. The third-order valence-electron chi connectivity index (χ3n) is 4.22. The molecule has 0 unspecified atom stereocenters. The van der Waals surface area contributed by atoms with Gasteiger partial charge in [-0.2, -0.15) is 13.2 Å². The Hall–Kier alpha value is -2.69. The first-order valence-electron chi connectivity index (χ1n) is 8.49. The summed E-state index contributed by atoms with van der Waals surface area (Å²) in [5, 5.41) is 19.3. The largest absolute Gasteiger partial charge is 0.572 e. The fraction of sp³-hybridized carbons (Fsp3) is 0.100. The van der Waals surface area contributed by atoms with Gasteiger partial charge in [-0.3, -0.25) is 3.63 Å². The zero-order valence-electron chi connectivity index (χ0n) is 15.5. The minimum absolute atomic E-state index is 0.139. The Kier molecular flexibility index (Phi) is 5.76. The van der Waals surface area contributed by atoms with E-state index < -0.39 is 25.9 Å². The molecule has 0 heterocycles. The number of phenols is 2. The summed E-state index contributed by atoms with van der Waals surface area (Å²) in [5.41, 5.74) is -4.77. The van der Waals surface area contributed by atoms with Crippen LogP contribution in [0.2, 0.25) is 0 Å². The fourth-order valence-corrected chi connectivity index (χ4v) is 7.70. The van der Waals surface area contributed by atoms with Crippen LogP contribution in [0.3, 0.4) is 0 Å². The molecule has 30 heavy (non-hydrogen) atoms. The quantitative estimate of drug-likeness (QED) is 0.298. The van der Waals surface area contributed by atoms with Gasteiger partial charge in [0.05, 0.1) is 25.0 Å². The highest BCUT2D eigenvalue weighted by Gasteiger charge is 2.57. The van der Waals surface area contributed by atoms with Gasteiger partial charge < -0.3 is 10.2 Å². The van der Waals surface area contributed by atoms with Crippen LogP contribution < -0.4 is 0 Å². The molecule has 3 N–H and O–H groups in total. The molecule has 0 aliphatic rings. The summed E-state index contributed by atoms with van der Waals surface area (Å²) in [5.74, 6) is -0.277. The number of rotatable bonds is 5. The van der Waals surface area contributed by atoms with Crippen LogP contribution in [0.15, 0.2) is 87.5 Å². The number of benzene rings is 3. The van der Waals surface area contributed by atoms with E-state index in [1.165, 1.54) is 60.7 Å². The van der Waals surface area contributed by atoms with E-state index in [1.807, 2.05) is 0 Å². The van der Waals surface area contributed by atoms with E-state index in [0.29, 0.717) is 0 Å². The van der Waals surface area contributed by atoms with E-state index in [0.717, 1.165) is 5.56 Å². The minimum atomic E-state index is -5.89. The van der Waals surface area contributed by atoms with E-state index in [4.69, 9.17) is 0 Å². The number of hydrogen-bond donors (Lipinski definition) is 2. The maximum Gasteiger partial charge on any atom is 0.572 e. The molecule has 3 rings (SSSR count). The van der Waals surface area contributed by atoms with Gasteiger partial charge in [0.25, 0.3) is 0 Å². The minimum Gasteiger partial charge on any atom is -0.508 e. The molecule has 0 fully saturated rings. The number of aryl methyl sites for hydroxylation is 1. The van der Waals surface area contributed by atoms with Crippen LogP contribution in [0.1, 0.15) is 5.56 Å². The van der Waals surface area contributed by atoms with Crippen molar-refractivity contribution in [1.82, 2.24) is 0 Å². The molecule has 3 aromatic carbocycles. The van der Waals surface area contributed by atoms with Crippen LogP contribution in [-0.4, -0.2) is 27.8 Å². The number of halogens is 3. The molecule has 0 aromatic heterocycles. The van der Waals surface area contributed by atoms with Crippen molar-refractivity contribution < 1.29 is 35.4 Å². The van der Waals surface area contributed by atoms with Crippen LogP contribution in [0.25, 0.3) is 0 Å². The first-order valence-corrected chi connectivity index (χ1v) is 11.5. The third-order valence-corrected chi connectivity index (χ3v) is 9.35. The van der Waals surface area contributed by atoms with E-state index in [9.17, 15) is 31.8 Å². The Morgan fingerprint density at radius 3 is 1.37 bits per heavy atom. The van der Waals surface area contributed by atoms with Crippen molar-refractivity contribution >= 4 is 20.4 Å². The Labute approximate surface area is 173 Å². The molecule has 0 aliphatic carbocycles. The van der Waals surface area contributed by atoms with Crippen LogP contribution in [0, 0.1) is 6.92 Å². The average molecular weight is 459 g/mol. The topological polar surface area (TPSA) is 87.4 Å². The molecule has 0 bridgehead atoms. The van der Waals surface area contributed by atoms with Crippen molar-refractivity contribution in [3.05, 3.63) is 78.4 Å². The lowest BCUT2D eigenvalue weighted by Gasteiger charge is -2.35. The predicted octanol–water partition coefficient (Wildman–Crippen LogP) is 5.55. The van der Waals surface area contributed by atoms with Crippen molar-refractivity contribution in [3.63, 3.8) is 0 Å². The van der Waals surface area contributed by atoms with Gasteiger partial charge in [-0.1, -0.05) is 17.7 Å². The smallest absolute Gasteiger partial charge is 0.508 e. The molecule has 3 aromatic rings. The third kappa shape index (κ3) is 4.11. The lowest BCUT2D eigenvalue weighted by molar-refractivity contribution is -0.0540.